The minimum atomic E-state index is 0.262. The molecule has 0 saturated heterocycles. The van der Waals surface area contributed by atoms with Crippen molar-refractivity contribution < 1.29 is 4.79 Å². The van der Waals surface area contributed by atoms with Crippen molar-refractivity contribution in [3.05, 3.63) is 35.4 Å². The molecule has 0 amide bonds. The van der Waals surface area contributed by atoms with Gasteiger partial charge in [-0.15, -0.1) is 0 Å². The number of hydrogen-bond acceptors (Lipinski definition) is 2. The van der Waals surface area contributed by atoms with Gasteiger partial charge in [-0.1, -0.05) is 38.0 Å². The molecule has 1 aromatic carbocycles. The van der Waals surface area contributed by atoms with Crippen LogP contribution in [0, 0.1) is 5.92 Å². The Bertz CT molecular complexity index is 394. The number of benzene rings is 1. The first-order valence-corrected chi connectivity index (χ1v) is 6.56. The second-order valence-corrected chi connectivity index (χ2v) is 5.11. The summed E-state index contributed by atoms with van der Waals surface area (Å²) >= 11 is 0. The summed E-state index contributed by atoms with van der Waals surface area (Å²) in [6, 6.07) is 8.00. The molecule has 1 unspecified atom stereocenters. The molecule has 0 aliphatic heterocycles. The summed E-state index contributed by atoms with van der Waals surface area (Å²) in [5, 5.41) is 0. The van der Waals surface area contributed by atoms with E-state index in [1.165, 1.54) is 18.4 Å². The summed E-state index contributed by atoms with van der Waals surface area (Å²) in [5.74, 6) is 0.915. The van der Waals surface area contributed by atoms with E-state index in [1.807, 2.05) is 18.2 Å². The Morgan fingerprint density at radius 3 is 2.76 bits per heavy atom. The van der Waals surface area contributed by atoms with E-state index >= 15 is 0 Å². The van der Waals surface area contributed by atoms with Gasteiger partial charge in [0.2, 0.25) is 0 Å². The van der Waals surface area contributed by atoms with E-state index in [4.69, 9.17) is 5.73 Å². The van der Waals surface area contributed by atoms with Crippen LogP contribution in [-0.4, -0.2) is 12.3 Å². The molecule has 2 heteroatoms. The van der Waals surface area contributed by atoms with Gasteiger partial charge >= 0.3 is 0 Å². The molecule has 0 bridgehead atoms. The zero-order valence-corrected chi connectivity index (χ0v) is 10.5. The third kappa shape index (κ3) is 2.75. The SMILES string of the molecule is CC(CN)c1cccc(C(=O)C2CCCC2)c1. The smallest absolute Gasteiger partial charge is 0.165 e. The third-order valence-corrected chi connectivity index (χ3v) is 3.82. The van der Waals surface area contributed by atoms with Crippen LogP contribution < -0.4 is 5.73 Å². The number of carbonyl (C=O) groups excluding carboxylic acids is 1. The maximum absolute atomic E-state index is 12.3. The molecule has 1 aliphatic rings. The van der Waals surface area contributed by atoms with Crippen molar-refractivity contribution in [2.45, 2.75) is 38.5 Å². The molecule has 92 valence electrons. The third-order valence-electron chi connectivity index (χ3n) is 3.82. The molecule has 0 radical (unpaired) electrons. The fourth-order valence-corrected chi connectivity index (χ4v) is 2.56. The fraction of sp³-hybridized carbons (Fsp3) is 0.533. The molecule has 1 aliphatic carbocycles. The van der Waals surface area contributed by atoms with Crippen LogP contribution in [0.15, 0.2) is 24.3 Å². The van der Waals surface area contributed by atoms with Crippen molar-refractivity contribution in [2.75, 3.05) is 6.54 Å². The van der Waals surface area contributed by atoms with Crippen LogP contribution >= 0.6 is 0 Å². The summed E-state index contributed by atoms with van der Waals surface area (Å²) in [6.45, 7) is 2.72. The van der Waals surface area contributed by atoms with Gasteiger partial charge in [-0.2, -0.15) is 0 Å². The van der Waals surface area contributed by atoms with E-state index in [0.717, 1.165) is 18.4 Å². The summed E-state index contributed by atoms with van der Waals surface area (Å²) in [7, 11) is 0. The molecule has 17 heavy (non-hydrogen) atoms. The zero-order chi connectivity index (χ0) is 12.3. The van der Waals surface area contributed by atoms with Gasteiger partial charge in [0, 0.05) is 11.5 Å². The van der Waals surface area contributed by atoms with Crippen LogP contribution in [0.5, 0.6) is 0 Å². The fourth-order valence-electron chi connectivity index (χ4n) is 2.56. The van der Waals surface area contributed by atoms with Gasteiger partial charge in [0.05, 0.1) is 0 Å². The lowest BCUT2D eigenvalue weighted by Crippen LogP contribution is -2.13. The van der Waals surface area contributed by atoms with Crippen LogP contribution in [0.2, 0.25) is 0 Å². The lowest BCUT2D eigenvalue weighted by atomic mass is 9.92. The standard InChI is InChI=1S/C15H21NO/c1-11(10-16)13-7-4-8-14(9-13)15(17)12-5-2-3-6-12/h4,7-9,11-12H,2-3,5-6,10,16H2,1H3. The molecule has 2 rings (SSSR count). The molecule has 0 heterocycles. The molecule has 0 spiro atoms. The van der Waals surface area contributed by atoms with Gasteiger partial charge in [0.15, 0.2) is 5.78 Å². The van der Waals surface area contributed by atoms with E-state index in [1.54, 1.807) is 0 Å². The second kappa shape index (κ2) is 5.46. The normalized spacial score (nSPS) is 18.2. The molecule has 2 N–H and O–H groups in total. The highest BCUT2D eigenvalue weighted by atomic mass is 16.1. The highest BCUT2D eigenvalue weighted by molar-refractivity contribution is 5.98. The van der Waals surface area contributed by atoms with E-state index in [-0.39, 0.29) is 5.92 Å². The molecule has 1 fully saturated rings. The van der Waals surface area contributed by atoms with Gasteiger partial charge in [-0.25, -0.2) is 0 Å². The first-order chi connectivity index (χ1) is 8.22. The average Bonchev–Trinajstić information content (AvgIpc) is 2.91. The van der Waals surface area contributed by atoms with Crippen molar-refractivity contribution in [2.24, 2.45) is 11.7 Å². The molecule has 2 nitrogen and oxygen atoms in total. The molecule has 1 aromatic rings. The summed E-state index contributed by atoms with van der Waals surface area (Å²) in [4.78, 5) is 12.3. The summed E-state index contributed by atoms with van der Waals surface area (Å²) < 4.78 is 0. The number of carbonyl (C=O) groups is 1. The number of hydrogen-bond donors (Lipinski definition) is 1. The Kier molecular flexibility index (Phi) is 3.95. The van der Waals surface area contributed by atoms with E-state index < -0.39 is 0 Å². The van der Waals surface area contributed by atoms with E-state index in [0.29, 0.717) is 18.2 Å². The summed E-state index contributed by atoms with van der Waals surface area (Å²) in [6.07, 6.45) is 4.54. The van der Waals surface area contributed by atoms with Gasteiger partial charge in [0.1, 0.15) is 0 Å². The van der Waals surface area contributed by atoms with Gasteiger partial charge in [-0.05, 0) is 36.9 Å². The lowest BCUT2D eigenvalue weighted by Gasteiger charge is -2.12. The van der Waals surface area contributed by atoms with Crippen molar-refractivity contribution in [1.82, 2.24) is 0 Å². The van der Waals surface area contributed by atoms with Crippen LogP contribution in [-0.2, 0) is 0 Å². The average molecular weight is 231 g/mol. The van der Waals surface area contributed by atoms with Crippen LogP contribution in [0.1, 0.15) is 54.4 Å². The van der Waals surface area contributed by atoms with E-state index in [2.05, 4.69) is 13.0 Å². The first-order valence-electron chi connectivity index (χ1n) is 6.56. The lowest BCUT2D eigenvalue weighted by molar-refractivity contribution is 0.0923. The maximum Gasteiger partial charge on any atom is 0.165 e. The maximum atomic E-state index is 12.3. The highest BCUT2D eigenvalue weighted by Crippen LogP contribution is 2.28. The van der Waals surface area contributed by atoms with Gasteiger partial charge in [-0.3, -0.25) is 4.79 Å². The Balaban J connectivity index is 2.17. The number of Topliss-reactive ketones (excluding diaryl/α,β-unsaturated/α-hetero) is 1. The van der Waals surface area contributed by atoms with Crippen LogP contribution in [0.25, 0.3) is 0 Å². The van der Waals surface area contributed by atoms with Crippen molar-refractivity contribution in [1.29, 1.82) is 0 Å². The monoisotopic (exact) mass is 231 g/mol. The van der Waals surface area contributed by atoms with Crippen LogP contribution in [0.3, 0.4) is 0 Å². The number of ketones is 1. The zero-order valence-electron chi connectivity index (χ0n) is 10.5. The second-order valence-electron chi connectivity index (χ2n) is 5.11. The Morgan fingerprint density at radius 1 is 1.41 bits per heavy atom. The van der Waals surface area contributed by atoms with Crippen molar-refractivity contribution in [3.8, 4) is 0 Å². The molecular weight excluding hydrogens is 210 g/mol. The molecule has 1 saturated carbocycles. The summed E-state index contributed by atoms with van der Waals surface area (Å²) in [5.41, 5.74) is 7.71. The Labute approximate surface area is 103 Å². The van der Waals surface area contributed by atoms with Crippen LogP contribution in [0.4, 0.5) is 0 Å². The van der Waals surface area contributed by atoms with E-state index in [9.17, 15) is 4.79 Å². The quantitative estimate of drug-likeness (QED) is 0.809. The van der Waals surface area contributed by atoms with Gasteiger partial charge < -0.3 is 5.73 Å². The molecule has 0 aromatic heterocycles. The topological polar surface area (TPSA) is 43.1 Å². The Hall–Kier alpha value is -1.15. The molecule has 1 atom stereocenters. The predicted octanol–water partition coefficient (Wildman–Crippen LogP) is 3.12. The van der Waals surface area contributed by atoms with Crippen molar-refractivity contribution >= 4 is 5.78 Å². The minimum Gasteiger partial charge on any atom is -0.330 e. The molecular formula is C15H21NO. The van der Waals surface area contributed by atoms with Crippen molar-refractivity contribution in [3.63, 3.8) is 0 Å². The first kappa shape index (κ1) is 12.3. The largest absolute Gasteiger partial charge is 0.330 e. The predicted molar refractivity (Wildman–Crippen MR) is 70.2 cm³/mol. The van der Waals surface area contributed by atoms with Gasteiger partial charge in [0.25, 0.3) is 0 Å². The minimum absolute atomic E-state index is 0.262. The highest BCUT2D eigenvalue weighted by Gasteiger charge is 2.23. The Morgan fingerprint density at radius 2 is 2.12 bits per heavy atom. The number of nitrogens with two attached hydrogens (primary N) is 1. The number of rotatable bonds is 4.